The van der Waals surface area contributed by atoms with Gasteiger partial charge in [-0.15, -0.1) is 0 Å². The molecule has 0 aliphatic heterocycles. The van der Waals surface area contributed by atoms with E-state index in [1.807, 2.05) is 6.92 Å². The molecule has 0 spiro atoms. The number of rotatable bonds is 5. The third-order valence-corrected chi connectivity index (χ3v) is 2.87. The Morgan fingerprint density at radius 1 is 1.47 bits per heavy atom. The number of hydrogen-bond donors (Lipinski definition) is 1. The molecule has 1 amide bonds. The summed E-state index contributed by atoms with van der Waals surface area (Å²) in [7, 11) is 0. The summed E-state index contributed by atoms with van der Waals surface area (Å²) in [5, 5.41) is 10.7. The summed E-state index contributed by atoms with van der Waals surface area (Å²) in [6, 6.07) is 1.77. The van der Waals surface area contributed by atoms with E-state index < -0.39 is 0 Å². The van der Waals surface area contributed by atoms with Crippen LogP contribution in [0.3, 0.4) is 0 Å². The molecule has 94 valence electrons. The third kappa shape index (κ3) is 4.81. The van der Waals surface area contributed by atoms with E-state index in [9.17, 15) is 4.79 Å². The van der Waals surface area contributed by atoms with Crippen LogP contribution < -0.4 is 5.32 Å². The number of nitrogens with one attached hydrogen (secondary N) is 1. The average Bonchev–Trinajstić information content (AvgIpc) is 2.27. The molecule has 0 aliphatic carbocycles. The van der Waals surface area contributed by atoms with E-state index in [1.165, 1.54) is 0 Å². The zero-order valence-electron chi connectivity index (χ0n) is 10.5. The van der Waals surface area contributed by atoms with E-state index in [0.717, 1.165) is 18.5 Å². The molecule has 17 heavy (non-hydrogen) atoms. The van der Waals surface area contributed by atoms with Gasteiger partial charge in [-0.1, -0.05) is 22.9 Å². The molecule has 0 aliphatic rings. The highest BCUT2D eigenvalue weighted by molar-refractivity contribution is 9.09. The van der Waals surface area contributed by atoms with E-state index >= 15 is 0 Å². The van der Waals surface area contributed by atoms with Gasteiger partial charge in [-0.3, -0.25) is 4.79 Å². The van der Waals surface area contributed by atoms with Gasteiger partial charge < -0.3 is 5.32 Å². The Labute approximate surface area is 110 Å². The van der Waals surface area contributed by atoms with Gasteiger partial charge in [-0.25, -0.2) is 0 Å². The minimum absolute atomic E-state index is 0.0669. The molecule has 1 aromatic heterocycles. The summed E-state index contributed by atoms with van der Waals surface area (Å²) >= 11 is 3.48. The first-order valence-corrected chi connectivity index (χ1v) is 6.65. The number of amides is 1. The lowest BCUT2D eigenvalue weighted by Gasteiger charge is -2.08. The topological polar surface area (TPSA) is 54.9 Å². The molecule has 5 heteroatoms. The Bertz CT molecular complexity index is 393. The lowest BCUT2D eigenvalue weighted by molar-refractivity contribution is 0.0951. The SMILES string of the molecule is Cc1cc(C(=O)NCCCC(C)Br)c(C)nn1. The summed E-state index contributed by atoms with van der Waals surface area (Å²) in [4.78, 5) is 12.4. The van der Waals surface area contributed by atoms with Gasteiger partial charge in [0, 0.05) is 11.4 Å². The normalized spacial score (nSPS) is 12.2. The van der Waals surface area contributed by atoms with Gasteiger partial charge in [0.2, 0.25) is 0 Å². The van der Waals surface area contributed by atoms with Gasteiger partial charge >= 0.3 is 0 Å². The van der Waals surface area contributed by atoms with E-state index in [0.29, 0.717) is 22.6 Å². The van der Waals surface area contributed by atoms with Crippen molar-refractivity contribution in [2.45, 2.75) is 38.4 Å². The van der Waals surface area contributed by atoms with E-state index in [2.05, 4.69) is 38.4 Å². The summed E-state index contributed by atoms with van der Waals surface area (Å²) in [5.41, 5.74) is 2.04. The first kappa shape index (κ1) is 14.1. The van der Waals surface area contributed by atoms with Gasteiger partial charge in [0.15, 0.2) is 0 Å². The van der Waals surface area contributed by atoms with E-state index in [1.54, 1.807) is 13.0 Å². The monoisotopic (exact) mass is 299 g/mol. The highest BCUT2D eigenvalue weighted by Crippen LogP contribution is 2.07. The Kier molecular flexibility index (Phi) is 5.55. The summed E-state index contributed by atoms with van der Waals surface area (Å²) in [5.74, 6) is -0.0669. The lowest BCUT2D eigenvalue weighted by Crippen LogP contribution is -2.26. The molecule has 0 fully saturated rings. The van der Waals surface area contributed by atoms with Crippen molar-refractivity contribution in [2.75, 3.05) is 6.54 Å². The fourth-order valence-corrected chi connectivity index (χ4v) is 1.78. The van der Waals surface area contributed by atoms with Crippen LogP contribution in [0.15, 0.2) is 6.07 Å². The number of alkyl halides is 1. The second kappa shape index (κ2) is 6.69. The van der Waals surface area contributed by atoms with Crippen molar-refractivity contribution in [2.24, 2.45) is 0 Å². The lowest BCUT2D eigenvalue weighted by atomic mass is 10.2. The van der Waals surface area contributed by atoms with Gasteiger partial charge in [-0.2, -0.15) is 10.2 Å². The third-order valence-electron chi connectivity index (χ3n) is 2.41. The van der Waals surface area contributed by atoms with Gasteiger partial charge in [0.05, 0.1) is 17.0 Å². The maximum absolute atomic E-state index is 11.9. The summed E-state index contributed by atoms with van der Waals surface area (Å²) in [6.07, 6.45) is 2.02. The van der Waals surface area contributed by atoms with Crippen molar-refractivity contribution >= 4 is 21.8 Å². The molecular weight excluding hydrogens is 282 g/mol. The number of hydrogen-bond acceptors (Lipinski definition) is 3. The first-order valence-electron chi connectivity index (χ1n) is 5.74. The number of carbonyl (C=O) groups excluding carboxylic acids is 1. The minimum atomic E-state index is -0.0669. The van der Waals surface area contributed by atoms with Gasteiger partial charge in [-0.05, 0) is 32.8 Å². The molecular formula is C12H18BrN3O. The van der Waals surface area contributed by atoms with Crippen molar-refractivity contribution in [1.29, 1.82) is 0 Å². The number of nitrogens with zero attached hydrogens (tertiary/aromatic N) is 2. The fourth-order valence-electron chi connectivity index (χ4n) is 1.46. The van der Waals surface area contributed by atoms with Crippen LogP contribution >= 0.6 is 15.9 Å². The quantitative estimate of drug-likeness (QED) is 0.671. The predicted octanol–water partition coefficient (Wildman–Crippen LogP) is 2.39. The van der Waals surface area contributed by atoms with Crippen LogP contribution in [-0.2, 0) is 0 Å². The predicted molar refractivity (Wildman–Crippen MR) is 71.5 cm³/mol. The Morgan fingerprint density at radius 2 is 2.18 bits per heavy atom. The minimum Gasteiger partial charge on any atom is -0.352 e. The molecule has 0 aromatic carbocycles. The van der Waals surface area contributed by atoms with Gasteiger partial charge in [0.1, 0.15) is 0 Å². The maximum atomic E-state index is 11.9. The molecule has 1 heterocycles. The molecule has 1 N–H and O–H groups in total. The van der Waals surface area contributed by atoms with Gasteiger partial charge in [0.25, 0.3) is 5.91 Å². The first-order chi connectivity index (χ1) is 8.00. The molecule has 0 saturated carbocycles. The van der Waals surface area contributed by atoms with E-state index in [4.69, 9.17) is 0 Å². The van der Waals surface area contributed by atoms with Crippen molar-refractivity contribution < 1.29 is 4.79 Å². The smallest absolute Gasteiger partial charge is 0.253 e. The molecule has 1 unspecified atom stereocenters. The molecule has 1 rings (SSSR count). The number of aryl methyl sites for hydroxylation is 2. The molecule has 4 nitrogen and oxygen atoms in total. The standard InChI is InChI=1S/C12H18BrN3O/c1-8(13)5-4-6-14-12(17)11-7-9(2)15-16-10(11)3/h7-8H,4-6H2,1-3H3,(H,14,17). The largest absolute Gasteiger partial charge is 0.352 e. The van der Waals surface area contributed by atoms with Crippen molar-refractivity contribution in [1.82, 2.24) is 15.5 Å². The number of halogens is 1. The number of carbonyl (C=O) groups is 1. The molecule has 0 bridgehead atoms. The second-order valence-corrected chi connectivity index (χ2v) is 5.73. The summed E-state index contributed by atoms with van der Waals surface area (Å²) < 4.78 is 0. The molecule has 1 atom stereocenters. The second-order valence-electron chi connectivity index (χ2n) is 4.16. The van der Waals surface area contributed by atoms with E-state index in [-0.39, 0.29) is 5.91 Å². The average molecular weight is 300 g/mol. The molecule has 0 saturated heterocycles. The van der Waals surface area contributed by atoms with Crippen LogP contribution in [0.4, 0.5) is 0 Å². The highest BCUT2D eigenvalue weighted by Gasteiger charge is 2.10. The fraction of sp³-hybridized carbons (Fsp3) is 0.583. The Hall–Kier alpha value is -0.970. The van der Waals surface area contributed by atoms with Crippen molar-refractivity contribution in [3.8, 4) is 0 Å². The number of aromatic nitrogens is 2. The maximum Gasteiger partial charge on any atom is 0.253 e. The van der Waals surface area contributed by atoms with Crippen LogP contribution in [0.25, 0.3) is 0 Å². The highest BCUT2D eigenvalue weighted by atomic mass is 79.9. The summed E-state index contributed by atoms with van der Waals surface area (Å²) in [6.45, 7) is 6.41. The van der Waals surface area contributed by atoms with Crippen LogP contribution in [0, 0.1) is 13.8 Å². The Morgan fingerprint density at radius 3 is 2.82 bits per heavy atom. The molecule has 1 aromatic rings. The van der Waals surface area contributed by atoms with Crippen LogP contribution in [-0.4, -0.2) is 27.5 Å². The van der Waals surface area contributed by atoms with Crippen molar-refractivity contribution in [3.63, 3.8) is 0 Å². The zero-order chi connectivity index (χ0) is 12.8. The van der Waals surface area contributed by atoms with Crippen LogP contribution in [0.5, 0.6) is 0 Å². The van der Waals surface area contributed by atoms with Crippen molar-refractivity contribution in [3.05, 3.63) is 23.0 Å². The zero-order valence-corrected chi connectivity index (χ0v) is 12.0. The Balaban J connectivity index is 2.49. The molecule has 0 radical (unpaired) electrons. The van der Waals surface area contributed by atoms with Crippen LogP contribution in [0.2, 0.25) is 0 Å². The van der Waals surface area contributed by atoms with Crippen LogP contribution in [0.1, 0.15) is 41.5 Å².